The zero-order valence-corrected chi connectivity index (χ0v) is 12.5. The first-order chi connectivity index (χ1) is 11.1. The first-order valence-electron chi connectivity index (χ1n) is 7.31. The number of nitrogens with two attached hydrogens (primary N) is 4. The summed E-state index contributed by atoms with van der Waals surface area (Å²) in [6.07, 6.45) is 0. The largest absolute Gasteiger partial charge is 0.397 e. The Morgan fingerprint density at radius 1 is 0.609 bits per heavy atom. The van der Waals surface area contributed by atoms with Crippen LogP contribution in [0.15, 0.2) is 54.6 Å². The summed E-state index contributed by atoms with van der Waals surface area (Å²) < 4.78 is 2.03. The van der Waals surface area contributed by atoms with Gasteiger partial charge in [0.2, 0.25) is 0 Å². The van der Waals surface area contributed by atoms with E-state index in [1.807, 2.05) is 41.0 Å². The van der Waals surface area contributed by atoms with E-state index in [1.165, 1.54) is 0 Å². The number of aromatic nitrogens is 1. The van der Waals surface area contributed by atoms with Gasteiger partial charge in [0, 0.05) is 10.8 Å². The number of rotatable bonds is 1. The number of nitrogen functional groups attached to an aromatic ring is 4. The van der Waals surface area contributed by atoms with Gasteiger partial charge in [-0.15, -0.1) is 0 Å². The van der Waals surface area contributed by atoms with E-state index in [-0.39, 0.29) is 0 Å². The first kappa shape index (κ1) is 13.3. The fraction of sp³-hybridized carbons (Fsp3) is 0. The van der Waals surface area contributed by atoms with Gasteiger partial charge in [0.25, 0.3) is 0 Å². The van der Waals surface area contributed by atoms with Crippen LogP contribution in [-0.4, -0.2) is 4.57 Å². The van der Waals surface area contributed by atoms with E-state index in [9.17, 15) is 0 Å². The lowest BCUT2D eigenvalue weighted by Gasteiger charge is -2.17. The van der Waals surface area contributed by atoms with E-state index in [1.54, 1.807) is 6.07 Å². The minimum absolute atomic E-state index is 0.425. The summed E-state index contributed by atoms with van der Waals surface area (Å²) in [6, 6.07) is 17.8. The Kier molecular flexibility index (Phi) is 2.65. The summed E-state index contributed by atoms with van der Waals surface area (Å²) in [5.41, 5.74) is 28.9. The van der Waals surface area contributed by atoms with Gasteiger partial charge in [-0.1, -0.05) is 36.4 Å². The molecule has 0 aliphatic rings. The molecule has 8 N–H and O–H groups in total. The standard InChI is InChI=1S/C18H17N5/c19-12-9-13(20)17(22)18(16(12)21)23-14-7-3-1-5-10(14)11-6-2-4-8-15(11)23/h1-9H,19-22H2. The minimum atomic E-state index is 0.425. The molecular formula is C18H17N5. The van der Waals surface area contributed by atoms with Crippen LogP contribution in [0, 0.1) is 0 Å². The number of fused-ring (bicyclic) bond motifs is 3. The third-order valence-corrected chi connectivity index (χ3v) is 4.25. The molecular weight excluding hydrogens is 286 g/mol. The third-order valence-electron chi connectivity index (χ3n) is 4.25. The molecule has 4 aromatic rings. The van der Waals surface area contributed by atoms with E-state index >= 15 is 0 Å². The molecule has 0 fully saturated rings. The highest BCUT2D eigenvalue weighted by Crippen LogP contribution is 2.40. The smallest absolute Gasteiger partial charge is 0.0967 e. The van der Waals surface area contributed by atoms with Crippen molar-refractivity contribution in [3.8, 4) is 5.69 Å². The topological polar surface area (TPSA) is 109 Å². The predicted octanol–water partition coefficient (Wildman–Crippen LogP) is 3.11. The van der Waals surface area contributed by atoms with Gasteiger partial charge >= 0.3 is 0 Å². The maximum absolute atomic E-state index is 6.24. The molecule has 3 aromatic carbocycles. The van der Waals surface area contributed by atoms with Crippen LogP contribution < -0.4 is 22.9 Å². The second-order valence-corrected chi connectivity index (χ2v) is 5.60. The predicted molar refractivity (Wildman–Crippen MR) is 98.4 cm³/mol. The van der Waals surface area contributed by atoms with Crippen LogP contribution in [0.4, 0.5) is 22.7 Å². The Balaban J connectivity index is 2.27. The van der Waals surface area contributed by atoms with Crippen molar-refractivity contribution < 1.29 is 0 Å². The molecule has 5 nitrogen and oxygen atoms in total. The van der Waals surface area contributed by atoms with Crippen LogP contribution in [0.25, 0.3) is 27.5 Å². The van der Waals surface area contributed by atoms with Crippen molar-refractivity contribution in [1.29, 1.82) is 0 Å². The maximum Gasteiger partial charge on any atom is 0.0967 e. The summed E-state index contributed by atoms with van der Waals surface area (Å²) in [6.45, 7) is 0. The Hall–Kier alpha value is -3.34. The van der Waals surface area contributed by atoms with Crippen LogP contribution in [0.2, 0.25) is 0 Å². The summed E-state index contributed by atoms with van der Waals surface area (Å²) >= 11 is 0. The van der Waals surface area contributed by atoms with Gasteiger partial charge in [-0.25, -0.2) is 0 Å². The fourth-order valence-corrected chi connectivity index (χ4v) is 3.15. The van der Waals surface area contributed by atoms with Crippen LogP contribution in [-0.2, 0) is 0 Å². The van der Waals surface area contributed by atoms with Gasteiger partial charge in [0.05, 0.1) is 39.5 Å². The van der Waals surface area contributed by atoms with Gasteiger partial charge in [0.1, 0.15) is 0 Å². The molecule has 0 saturated carbocycles. The molecule has 0 saturated heterocycles. The highest BCUT2D eigenvalue weighted by Gasteiger charge is 2.18. The lowest BCUT2D eigenvalue weighted by molar-refractivity contribution is 1.19. The number of hydrogen-bond acceptors (Lipinski definition) is 4. The van der Waals surface area contributed by atoms with Gasteiger partial charge in [-0.05, 0) is 18.2 Å². The number of para-hydroxylation sites is 2. The summed E-state index contributed by atoms with van der Waals surface area (Å²) in [4.78, 5) is 0. The molecule has 23 heavy (non-hydrogen) atoms. The van der Waals surface area contributed by atoms with Gasteiger partial charge < -0.3 is 27.5 Å². The highest BCUT2D eigenvalue weighted by molar-refractivity contribution is 6.10. The number of hydrogen-bond donors (Lipinski definition) is 4. The SMILES string of the molecule is Nc1cc(N)c(N)c(-n2c3ccccc3c3ccccc32)c1N. The fourth-order valence-electron chi connectivity index (χ4n) is 3.15. The average molecular weight is 303 g/mol. The van der Waals surface area contributed by atoms with Crippen LogP contribution in [0.1, 0.15) is 0 Å². The van der Waals surface area contributed by atoms with Crippen molar-refractivity contribution in [1.82, 2.24) is 4.57 Å². The van der Waals surface area contributed by atoms with Gasteiger partial charge in [-0.2, -0.15) is 0 Å². The molecule has 0 aliphatic heterocycles. The molecule has 0 atom stereocenters. The van der Waals surface area contributed by atoms with Crippen molar-refractivity contribution in [2.75, 3.05) is 22.9 Å². The highest BCUT2D eigenvalue weighted by atomic mass is 15.0. The molecule has 4 rings (SSSR count). The van der Waals surface area contributed by atoms with Crippen molar-refractivity contribution in [3.63, 3.8) is 0 Å². The molecule has 0 radical (unpaired) electrons. The van der Waals surface area contributed by atoms with Crippen molar-refractivity contribution in [3.05, 3.63) is 54.6 Å². The van der Waals surface area contributed by atoms with Crippen LogP contribution in [0.5, 0.6) is 0 Å². The second kappa shape index (κ2) is 4.58. The normalized spacial score (nSPS) is 11.3. The van der Waals surface area contributed by atoms with E-state index in [2.05, 4.69) is 12.1 Å². The average Bonchev–Trinajstić information content (AvgIpc) is 2.89. The number of nitrogens with zero attached hydrogens (tertiary/aromatic N) is 1. The summed E-state index contributed by atoms with van der Waals surface area (Å²) in [5.74, 6) is 0. The van der Waals surface area contributed by atoms with Crippen LogP contribution in [0.3, 0.4) is 0 Å². The Labute approximate surface area is 133 Å². The summed E-state index contributed by atoms with van der Waals surface area (Å²) in [5, 5.41) is 2.26. The molecule has 0 spiro atoms. The minimum Gasteiger partial charge on any atom is -0.397 e. The molecule has 0 amide bonds. The second-order valence-electron chi connectivity index (χ2n) is 5.60. The number of benzene rings is 3. The van der Waals surface area contributed by atoms with Crippen molar-refractivity contribution in [2.45, 2.75) is 0 Å². The lowest BCUT2D eigenvalue weighted by Crippen LogP contribution is -2.09. The van der Waals surface area contributed by atoms with Crippen molar-refractivity contribution in [2.24, 2.45) is 0 Å². The lowest BCUT2D eigenvalue weighted by atomic mass is 10.1. The third kappa shape index (κ3) is 1.73. The zero-order chi connectivity index (χ0) is 16.1. The Bertz CT molecular complexity index is 983. The maximum atomic E-state index is 6.24. The van der Waals surface area contributed by atoms with E-state index in [0.29, 0.717) is 28.4 Å². The van der Waals surface area contributed by atoms with E-state index in [4.69, 9.17) is 22.9 Å². The van der Waals surface area contributed by atoms with Crippen molar-refractivity contribution >= 4 is 44.6 Å². The Morgan fingerprint density at radius 3 is 1.52 bits per heavy atom. The molecule has 0 aliphatic carbocycles. The first-order valence-corrected chi connectivity index (χ1v) is 7.31. The number of anilines is 4. The Morgan fingerprint density at radius 2 is 1.04 bits per heavy atom. The monoisotopic (exact) mass is 303 g/mol. The van der Waals surface area contributed by atoms with Gasteiger partial charge in [-0.3, -0.25) is 0 Å². The summed E-state index contributed by atoms with van der Waals surface area (Å²) in [7, 11) is 0. The van der Waals surface area contributed by atoms with E-state index in [0.717, 1.165) is 21.8 Å². The zero-order valence-electron chi connectivity index (χ0n) is 12.5. The molecule has 5 heteroatoms. The molecule has 1 heterocycles. The molecule has 114 valence electrons. The molecule has 1 aromatic heterocycles. The molecule has 0 unspecified atom stereocenters. The van der Waals surface area contributed by atoms with Gasteiger partial charge in [0.15, 0.2) is 0 Å². The quantitative estimate of drug-likeness (QED) is 0.405. The van der Waals surface area contributed by atoms with Crippen LogP contribution >= 0.6 is 0 Å². The molecule has 0 bridgehead atoms. The van der Waals surface area contributed by atoms with E-state index < -0.39 is 0 Å².